The maximum Gasteiger partial charge on any atom is 0.337 e. The van der Waals surface area contributed by atoms with Crippen molar-refractivity contribution in [1.82, 2.24) is 0 Å². The Morgan fingerprint density at radius 1 is 0.720 bits per heavy atom. The van der Waals surface area contributed by atoms with E-state index in [1.54, 1.807) is 6.07 Å². The standard InChI is InChI=1S/C20H26O5.C20H24O5/c2*1-3-19-7-8-20(24-10-11-25-20)13-15(19)6-9-23-17-12-14(18(21)22-2)4-5-16(17)19/h4-5,12,15H,3,6-11,13H2,1-2H3;3-5,12,15H,1,6-11,13H2,2H3/t2*15-,19+/m00/s1. The molecular weight excluding hydrogens is 640 g/mol. The van der Waals surface area contributed by atoms with Gasteiger partial charge in [0.05, 0.1) is 65.0 Å². The van der Waals surface area contributed by atoms with Crippen LogP contribution in [0.4, 0.5) is 0 Å². The summed E-state index contributed by atoms with van der Waals surface area (Å²) in [4.78, 5) is 23.7. The average Bonchev–Trinajstić information content (AvgIpc) is 3.73. The molecule has 50 heavy (non-hydrogen) atoms. The fourth-order valence-corrected chi connectivity index (χ4v) is 9.74. The minimum atomic E-state index is -0.437. The van der Waals surface area contributed by atoms with E-state index in [1.807, 2.05) is 24.3 Å². The number of carbonyl (C=O) groups excluding carboxylic acids is 2. The van der Waals surface area contributed by atoms with Crippen molar-refractivity contribution in [3.63, 3.8) is 0 Å². The second-order valence-corrected chi connectivity index (χ2v) is 14.5. The van der Waals surface area contributed by atoms with Gasteiger partial charge in [-0.2, -0.15) is 0 Å². The topological polar surface area (TPSA) is 108 Å². The molecule has 4 heterocycles. The summed E-state index contributed by atoms with van der Waals surface area (Å²) in [6.45, 7) is 10.4. The largest absolute Gasteiger partial charge is 0.493 e. The number of benzene rings is 2. The van der Waals surface area contributed by atoms with Crippen LogP contribution < -0.4 is 9.47 Å². The molecule has 2 spiro atoms. The second-order valence-electron chi connectivity index (χ2n) is 14.5. The third-order valence-electron chi connectivity index (χ3n) is 12.4. The summed E-state index contributed by atoms with van der Waals surface area (Å²) < 4.78 is 45.7. The molecule has 0 radical (unpaired) electrons. The van der Waals surface area contributed by atoms with Crippen LogP contribution in [0.1, 0.15) is 96.6 Å². The molecule has 4 fully saturated rings. The molecule has 0 aromatic heterocycles. The van der Waals surface area contributed by atoms with Crippen molar-refractivity contribution < 1.29 is 47.5 Å². The van der Waals surface area contributed by atoms with Gasteiger partial charge in [0, 0.05) is 47.6 Å². The van der Waals surface area contributed by atoms with Crippen molar-refractivity contribution in [2.75, 3.05) is 53.9 Å². The zero-order valence-electron chi connectivity index (χ0n) is 29.6. The molecule has 2 aromatic carbocycles. The molecule has 10 heteroatoms. The van der Waals surface area contributed by atoms with Crippen molar-refractivity contribution in [1.29, 1.82) is 0 Å². The molecule has 0 bridgehead atoms. The Kier molecular flexibility index (Phi) is 9.75. The Hall–Kier alpha value is -3.44. The molecule has 0 N–H and O–H groups in total. The third-order valence-corrected chi connectivity index (χ3v) is 12.4. The van der Waals surface area contributed by atoms with Crippen LogP contribution >= 0.6 is 0 Å². The van der Waals surface area contributed by atoms with Crippen LogP contribution in [0.2, 0.25) is 0 Å². The first kappa shape index (κ1) is 35.0. The second kappa shape index (κ2) is 13.9. The molecule has 2 saturated heterocycles. The first-order chi connectivity index (χ1) is 24.2. The van der Waals surface area contributed by atoms with E-state index < -0.39 is 5.79 Å². The number of hydrogen-bond acceptors (Lipinski definition) is 10. The summed E-state index contributed by atoms with van der Waals surface area (Å²) in [5, 5.41) is 0. The van der Waals surface area contributed by atoms with Gasteiger partial charge < -0.3 is 37.9 Å². The molecule has 6 aliphatic rings. The minimum absolute atomic E-state index is 0.0566. The quantitative estimate of drug-likeness (QED) is 0.255. The molecule has 0 amide bonds. The summed E-state index contributed by atoms with van der Waals surface area (Å²) in [5.74, 6) is 0.874. The summed E-state index contributed by atoms with van der Waals surface area (Å²) in [6.07, 6.45) is 10.4. The molecule has 4 aliphatic heterocycles. The summed E-state index contributed by atoms with van der Waals surface area (Å²) in [7, 11) is 2.79. The Labute approximate surface area is 294 Å². The highest BCUT2D eigenvalue weighted by Crippen LogP contribution is 2.57. The van der Waals surface area contributed by atoms with Crippen LogP contribution in [0.3, 0.4) is 0 Å². The van der Waals surface area contributed by atoms with E-state index in [4.69, 9.17) is 37.9 Å². The number of rotatable bonds is 4. The van der Waals surface area contributed by atoms with E-state index in [-0.39, 0.29) is 28.6 Å². The fourth-order valence-electron chi connectivity index (χ4n) is 9.74. The van der Waals surface area contributed by atoms with Gasteiger partial charge in [0.2, 0.25) is 0 Å². The minimum Gasteiger partial charge on any atom is -0.493 e. The van der Waals surface area contributed by atoms with Gasteiger partial charge in [-0.15, -0.1) is 6.58 Å². The smallest absolute Gasteiger partial charge is 0.337 e. The van der Waals surface area contributed by atoms with Crippen LogP contribution in [-0.4, -0.2) is 77.4 Å². The van der Waals surface area contributed by atoms with Crippen LogP contribution in [0.25, 0.3) is 0 Å². The zero-order chi connectivity index (χ0) is 35.0. The lowest BCUT2D eigenvalue weighted by Gasteiger charge is -2.49. The van der Waals surface area contributed by atoms with Gasteiger partial charge in [0.1, 0.15) is 11.5 Å². The van der Waals surface area contributed by atoms with Gasteiger partial charge in [-0.25, -0.2) is 9.59 Å². The lowest BCUT2D eigenvalue weighted by molar-refractivity contribution is -0.199. The molecule has 10 nitrogen and oxygen atoms in total. The molecule has 2 saturated carbocycles. The number of hydrogen-bond donors (Lipinski definition) is 0. The van der Waals surface area contributed by atoms with E-state index >= 15 is 0 Å². The number of fused-ring (bicyclic) bond motifs is 6. The summed E-state index contributed by atoms with van der Waals surface area (Å²) in [6, 6.07) is 11.4. The van der Waals surface area contributed by atoms with Crippen LogP contribution in [-0.2, 0) is 39.3 Å². The third kappa shape index (κ3) is 6.02. The monoisotopic (exact) mass is 690 g/mol. The molecule has 4 atom stereocenters. The van der Waals surface area contributed by atoms with Crippen LogP contribution in [0.5, 0.6) is 11.5 Å². The van der Waals surface area contributed by atoms with Crippen molar-refractivity contribution in [2.45, 2.75) is 87.1 Å². The highest BCUT2D eigenvalue weighted by Gasteiger charge is 2.54. The van der Waals surface area contributed by atoms with E-state index in [2.05, 4.69) is 25.6 Å². The van der Waals surface area contributed by atoms with Gasteiger partial charge >= 0.3 is 11.9 Å². The van der Waals surface area contributed by atoms with E-state index in [1.165, 1.54) is 19.8 Å². The Morgan fingerprint density at radius 2 is 1.22 bits per heavy atom. The number of carbonyl (C=O) groups is 2. The molecular formula is C40H50O10. The van der Waals surface area contributed by atoms with Gasteiger partial charge in [-0.1, -0.05) is 25.1 Å². The average molecular weight is 691 g/mol. The number of allylic oxidation sites excluding steroid dienone is 1. The van der Waals surface area contributed by atoms with Crippen LogP contribution in [0.15, 0.2) is 49.1 Å². The Morgan fingerprint density at radius 3 is 1.76 bits per heavy atom. The van der Waals surface area contributed by atoms with Crippen molar-refractivity contribution >= 4 is 11.9 Å². The van der Waals surface area contributed by atoms with Gasteiger partial charge in [-0.05, 0) is 68.2 Å². The molecule has 270 valence electrons. The molecule has 0 unspecified atom stereocenters. The zero-order valence-corrected chi connectivity index (χ0v) is 29.6. The Bertz CT molecular complexity index is 1590. The maximum atomic E-state index is 11.9. The highest BCUT2D eigenvalue weighted by molar-refractivity contribution is 5.90. The first-order valence-corrected chi connectivity index (χ1v) is 18.2. The SMILES string of the molecule is C=C[C@@]12CCC3(C[C@@H]1CCOc1cc(C(=O)OC)ccc12)OCCO3.CC[C@@]12CCC3(C[C@@H]1CCOc1cc(C(=O)OC)ccc12)OCCO3. The summed E-state index contributed by atoms with van der Waals surface area (Å²) in [5.41, 5.74) is 3.25. The predicted molar refractivity (Wildman–Crippen MR) is 184 cm³/mol. The summed E-state index contributed by atoms with van der Waals surface area (Å²) >= 11 is 0. The normalized spacial score (nSPS) is 30.0. The van der Waals surface area contributed by atoms with Gasteiger partial charge in [0.15, 0.2) is 11.6 Å². The van der Waals surface area contributed by atoms with E-state index in [0.717, 1.165) is 74.8 Å². The number of ether oxygens (including phenoxy) is 8. The van der Waals surface area contributed by atoms with E-state index in [0.29, 0.717) is 62.6 Å². The first-order valence-electron chi connectivity index (χ1n) is 18.2. The highest BCUT2D eigenvalue weighted by atomic mass is 16.7. The molecule has 2 aliphatic carbocycles. The maximum absolute atomic E-state index is 11.9. The Balaban J connectivity index is 0.000000157. The van der Waals surface area contributed by atoms with Gasteiger partial charge in [0.25, 0.3) is 0 Å². The van der Waals surface area contributed by atoms with Crippen molar-refractivity contribution in [3.8, 4) is 11.5 Å². The predicted octanol–water partition coefficient (Wildman–Crippen LogP) is 6.67. The fraction of sp³-hybridized carbons (Fsp3) is 0.600. The van der Waals surface area contributed by atoms with Gasteiger partial charge in [-0.3, -0.25) is 0 Å². The lowest BCUT2D eigenvalue weighted by Crippen LogP contribution is -2.48. The molecule has 2 aromatic rings. The van der Waals surface area contributed by atoms with Crippen molar-refractivity contribution in [3.05, 3.63) is 71.3 Å². The number of methoxy groups -OCH3 is 2. The van der Waals surface area contributed by atoms with Crippen LogP contribution in [0, 0.1) is 11.8 Å². The van der Waals surface area contributed by atoms with Crippen molar-refractivity contribution in [2.24, 2.45) is 11.8 Å². The molecule has 8 rings (SSSR count). The number of esters is 2. The van der Waals surface area contributed by atoms with E-state index in [9.17, 15) is 9.59 Å². The lowest BCUT2D eigenvalue weighted by atomic mass is 9.59.